The maximum Gasteiger partial charge on any atom is 0.270 e. The summed E-state index contributed by atoms with van der Waals surface area (Å²) >= 11 is 7.18. The van der Waals surface area contributed by atoms with Gasteiger partial charge in [0, 0.05) is 28.1 Å². The molecule has 1 aromatic heterocycles. The molecule has 3 rings (SSSR count). The number of non-ortho nitro benzene ring substituents is 1. The van der Waals surface area contributed by atoms with E-state index in [-0.39, 0.29) is 5.69 Å². The second kappa shape index (κ2) is 7.26. The van der Waals surface area contributed by atoms with Crippen molar-refractivity contribution in [3.8, 4) is 17.3 Å². The molecule has 0 radical (unpaired) electrons. The zero-order chi connectivity index (χ0) is 17.8. The van der Waals surface area contributed by atoms with Crippen LogP contribution in [0.4, 0.5) is 5.69 Å². The lowest BCUT2D eigenvalue weighted by Gasteiger charge is -1.98. The summed E-state index contributed by atoms with van der Waals surface area (Å²) in [5, 5.41) is 23.3. The van der Waals surface area contributed by atoms with Crippen molar-refractivity contribution in [3.05, 3.63) is 79.6 Å². The first-order valence-corrected chi connectivity index (χ1v) is 8.40. The molecule has 0 spiro atoms. The van der Waals surface area contributed by atoms with Crippen LogP contribution in [0.15, 0.2) is 53.9 Å². The van der Waals surface area contributed by atoms with Crippen molar-refractivity contribution in [1.82, 2.24) is 4.98 Å². The predicted octanol–water partition coefficient (Wildman–Crippen LogP) is 5.44. The van der Waals surface area contributed by atoms with Crippen molar-refractivity contribution in [3.63, 3.8) is 0 Å². The number of hydrogen-bond acceptors (Lipinski definition) is 5. The van der Waals surface area contributed by atoms with Gasteiger partial charge >= 0.3 is 0 Å². The van der Waals surface area contributed by atoms with E-state index in [1.165, 1.54) is 23.5 Å². The van der Waals surface area contributed by atoms with Crippen molar-refractivity contribution in [1.29, 1.82) is 5.26 Å². The van der Waals surface area contributed by atoms with Crippen molar-refractivity contribution in [2.75, 3.05) is 0 Å². The second-order valence-corrected chi connectivity index (χ2v) is 6.36. The lowest BCUT2D eigenvalue weighted by Crippen LogP contribution is -1.88. The van der Waals surface area contributed by atoms with E-state index in [1.807, 2.05) is 12.1 Å². The van der Waals surface area contributed by atoms with Crippen LogP contribution < -0.4 is 0 Å². The van der Waals surface area contributed by atoms with E-state index in [2.05, 4.69) is 11.1 Å². The minimum atomic E-state index is -0.447. The lowest BCUT2D eigenvalue weighted by molar-refractivity contribution is -0.384. The number of nitrogens with zero attached hydrogens (tertiary/aromatic N) is 3. The van der Waals surface area contributed by atoms with Crippen LogP contribution >= 0.6 is 22.9 Å². The molecule has 0 N–H and O–H groups in total. The van der Waals surface area contributed by atoms with Crippen LogP contribution in [0.3, 0.4) is 0 Å². The Hall–Kier alpha value is -3.01. The molecule has 122 valence electrons. The minimum Gasteiger partial charge on any atom is -0.258 e. The zero-order valence-electron chi connectivity index (χ0n) is 12.7. The summed E-state index contributed by atoms with van der Waals surface area (Å²) < 4.78 is 0. The van der Waals surface area contributed by atoms with Gasteiger partial charge in [0.05, 0.1) is 16.2 Å². The number of nitro benzene ring substituents is 1. The molecule has 0 saturated carbocycles. The molecule has 0 saturated heterocycles. The zero-order valence-corrected chi connectivity index (χ0v) is 14.3. The molecule has 0 atom stereocenters. The number of nitro groups is 1. The normalized spacial score (nSPS) is 11.1. The lowest BCUT2D eigenvalue weighted by atomic mass is 10.1. The van der Waals surface area contributed by atoms with Crippen LogP contribution in [-0.2, 0) is 0 Å². The fraction of sp³-hybridized carbons (Fsp3) is 0. The van der Waals surface area contributed by atoms with E-state index in [0.29, 0.717) is 26.9 Å². The van der Waals surface area contributed by atoms with Crippen molar-refractivity contribution in [2.24, 2.45) is 0 Å². The van der Waals surface area contributed by atoms with Gasteiger partial charge in [-0.05, 0) is 23.8 Å². The average molecular weight is 368 g/mol. The number of allylic oxidation sites excluding steroid dienone is 1. The molecular formula is C18H10ClN3O2S. The molecule has 25 heavy (non-hydrogen) atoms. The molecule has 3 aromatic rings. The van der Waals surface area contributed by atoms with Gasteiger partial charge in [0.15, 0.2) is 0 Å². The van der Waals surface area contributed by atoms with Crippen LogP contribution in [0.1, 0.15) is 10.6 Å². The number of aromatic nitrogens is 1. The number of rotatable bonds is 4. The Kier molecular flexibility index (Phi) is 4.89. The minimum absolute atomic E-state index is 0.00395. The Bertz CT molecular complexity index is 1000. The highest BCUT2D eigenvalue weighted by atomic mass is 35.5. The SMILES string of the molecule is N#CC(=Cc1ccc(Cl)cc1)c1nc(-c2cccc([N+](=O)[O-])c2)cs1. The first-order valence-electron chi connectivity index (χ1n) is 7.15. The van der Waals surface area contributed by atoms with E-state index < -0.39 is 4.92 Å². The van der Waals surface area contributed by atoms with Crippen LogP contribution in [-0.4, -0.2) is 9.91 Å². The molecule has 0 bridgehead atoms. The Morgan fingerprint density at radius 3 is 2.72 bits per heavy atom. The summed E-state index contributed by atoms with van der Waals surface area (Å²) in [6.07, 6.45) is 1.73. The monoisotopic (exact) mass is 367 g/mol. The smallest absolute Gasteiger partial charge is 0.258 e. The topological polar surface area (TPSA) is 79.8 Å². The van der Waals surface area contributed by atoms with Crippen molar-refractivity contribution in [2.45, 2.75) is 0 Å². The van der Waals surface area contributed by atoms with Gasteiger partial charge in [0.1, 0.15) is 11.1 Å². The molecule has 0 fully saturated rings. The first kappa shape index (κ1) is 16.8. The van der Waals surface area contributed by atoms with Crippen LogP contribution in [0.2, 0.25) is 5.02 Å². The van der Waals surface area contributed by atoms with Gasteiger partial charge in [-0.15, -0.1) is 11.3 Å². The Labute approximate surface area is 152 Å². The fourth-order valence-corrected chi connectivity index (χ4v) is 3.10. The van der Waals surface area contributed by atoms with Gasteiger partial charge in [0.2, 0.25) is 0 Å². The molecule has 5 nitrogen and oxygen atoms in total. The molecule has 0 unspecified atom stereocenters. The van der Waals surface area contributed by atoms with Gasteiger partial charge in [-0.25, -0.2) is 4.98 Å². The van der Waals surface area contributed by atoms with Gasteiger partial charge in [0.25, 0.3) is 5.69 Å². The first-order chi connectivity index (χ1) is 12.1. The van der Waals surface area contributed by atoms with Gasteiger partial charge in [-0.1, -0.05) is 35.9 Å². The number of benzene rings is 2. The van der Waals surface area contributed by atoms with Crippen molar-refractivity contribution >= 4 is 40.3 Å². The summed E-state index contributed by atoms with van der Waals surface area (Å²) in [7, 11) is 0. The third-order valence-electron chi connectivity index (χ3n) is 3.39. The summed E-state index contributed by atoms with van der Waals surface area (Å²) in [5.74, 6) is 0. The van der Waals surface area contributed by atoms with E-state index in [9.17, 15) is 15.4 Å². The van der Waals surface area contributed by atoms with Crippen LogP contribution in [0.5, 0.6) is 0 Å². The standard InChI is InChI=1S/C18H10ClN3O2S/c19-15-6-4-12(5-7-15)8-14(10-20)18-21-17(11-25-18)13-2-1-3-16(9-13)22(23)24/h1-9,11H. The highest BCUT2D eigenvalue weighted by Crippen LogP contribution is 2.29. The highest BCUT2D eigenvalue weighted by Gasteiger charge is 2.12. The molecule has 7 heteroatoms. The van der Waals surface area contributed by atoms with E-state index in [4.69, 9.17) is 11.6 Å². The molecule has 0 aliphatic carbocycles. The molecule has 2 aromatic carbocycles. The van der Waals surface area contributed by atoms with Crippen LogP contribution in [0, 0.1) is 21.4 Å². The third-order valence-corrected chi connectivity index (χ3v) is 4.52. The fourth-order valence-electron chi connectivity index (χ4n) is 2.18. The number of hydrogen-bond donors (Lipinski definition) is 0. The summed E-state index contributed by atoms with van der Waals surface area (Å²) in [6, 6.07) is 15.5. The van der Waals surface area contributed by atoms with Gasteiger partial charge in [-0.2, -0.15) is 5.26 Å². The Morgan fingerprint density at radius 1 is 1.28 bits per heavy atom. The number of thiazole rings is 1. The molecule has 0 amide bonds. The molecule has 0 aliphatic heterocycles. The highest BCUT2D eigenvalue weighted by molar-refractivity contribution is 7.11. The summed E-state index contributed by atoms with van der Waals surface area (Å²) in [4.78, 5) is 14.9. The van der Waals surface area contributed by atoms with Crippen LogP contribution in [0.25, 0.3) is 22.9 Å². The predicted molar refractivity (Wildman–Crippen MR) is 99.1 cm³/mol. The largest absolute Gasteiger partial charge is 0.270 e. The molecule has 0 aliphatic rings. The van der Waals surface area contributed by atoms with E-state index in [0.717, 1.165) is 5.56 Å². The second-order valence-electron chi connectivity index (χ2n) is 5.07. The van der Waals surface area contributed by atoms with E-state index >= 15 is 0 Å². The number of halogens is 1. The van der Waals surface area contributed by atoms with Gasteiger partial charge < -0.3 is 0 Å². The molecule has 1 heterocycles. The summed E-state index contributed by atoms with van der Waals surface area (Å²) in [6.45, 7) is 0. The Morgan fingerprint density at radius 2 is 2.04 bits per heavy atom. The molecular weight excluding hydrogens is 358 g/mol. The van der Waals surface area contributed by atoms with E-state index in [1.54, 1.807) is 35.7 Å². The quantitative estimate of drug-likeness (QED) is 0.349. The van der Waals surface area contributed by atoms with Gasteiger partial charge in [-0.3, -0.25) is 10.1 Å². The Balaban J connectivity index is 1.94. The summed E-state index contributed by atoms with van der Waals surface area (Å²) in [5.41, 5.74) is 2.50. The van der Waals surface area contributed by atoms with Crippen molar-refractivity contribution < 1.29 is 4.92 Å². The number of nitriles is 1. The average Bonchev–Trinajstić information content (AvgIpc) is 3.11. The third kappa shape index (κ3) is 3.91. The maximum atomic E-state index is 10.9. The maximum absolute atomic E-state index is 10.9.